The molecule has 1 aromatic carbocycles. The van der Waals surface area contributed by atoms with Crippen LogP contribution in [0.25, 0.3) is 22.0 Å². The summed E-state index contributed by atoms with van der Waals surface area (Å²) in [5.74, 6) is -0.399. The highest BCUT2D eigenvalue weighted by Gasteiger charge is 2.17. The fraction of sp³-hybridized carbons (Fsp3) is 0. The Morgan fingerprint density at radius 1 is 1.28 bits per heavy atom. The Labute approximate surface area is 105 Å². The summed E-state index contributed by atoms with van der Waals surface area (Å²) < 4.78 is 4.94. The zero-order valence-corrected chi connectivity index (χ0v) is 9.90. The fourth-order valence-corrected chi connectivity index (χ4v) is 2.38. The molecule has 0 saturated heterocycles. The molecule has 0 unspecified atom stereocenters. The van der Waals surface area contributed by atoms with Gasteiger partial charge in [0.05, 0.1) is 5.69 Å². The van der Waals surface area contributed by atoms with Gasteiger partial charge in [-0.15, -0.1) is 5.10 Å². The number of hydrogen-bond donors (Lipinski definition) is 2. The van der Waals surface area contributed by atoms with Crippen molar-refractivity contribution in [2.45, 2.75) is 0 Å². The van der Waals surface area contributed by atoms with Gasteiger partial charge in [0.15, 0.2) is 5.13 Å². The van der Waals surface area contributed by atoms with Gasteiger partial charge in [-0.1, -0.05) is 41.7 Å². The predicted octanol–water partition coefficient (Wildman–Crippen LogP) is 1.74. The second-order valence-corrected chi connectivity index (χ2v) is 4.54. The van der Waals surface area contributed by atoms with Crippen molar-refractivity contribution in [3.8, 4) is 22.0 Å². The maximum absolute atomic E-state index is 11.0. The van der Waals surface area contributed by atoms with Crippen molar-refractivity contribution in [1.82, 2.24) is 15.2 Å². The Kier molecular flexibility index (Phi) is 2.45. The van der Waals surface area contributed by atoms with Crippen LogP contribution < -0.4 is 11.5 Å². The Morgan fingerprint density at radius 3 is 2.72 bits per heavy atom. The summed E-state index contributed by atoms with van der Waals surface area (Å²) in [6, 6.07) is 9.52. The van der Waals surface area contributed by atoms with E-state index in [-0.39, 0.29) is 5.89 Å². The first-order valence-electron chi connectivity index (χ1n) is 5.11. The quantitative estimate of drug-likeness (QED) is 0.731. The van der Waals surface area contributed by atoms with Crippen LogP contribution in [0.3, 0.4) is 0 Å². The average molecular weight is 260 g/mol. The van der Waals surface area contributed by atoms with Gasteiger partial charge in [0.25, 0.3) is 5.89 Å². The highest BCUT2D eigenvalue weighted by Crippen LogP contribution is 2.36. The Morgan fingerprint density at radius 2 is 2.06 bits per heavy atom. The van der Waals surface area contributed by atoms with E-state index < -0.39 is 5.76 Å². The third-order valence-corrected chi connectivity index (χ3v) is 3.20. The number of hydrogen-bond acceptors (Lipinski definition) is 6. The normalized spacial score (nSPS) is 10.7. The maximum atomic E-state index is 11.0. The van der Waals surface area contributed by atoms with Gasteiger partial charge in [-0.05, 0) is 0 Å². The molecule has 2 aromatic heterocycles. The van der Waals surface area contributed by atoms with Crippen LogP contribution in [-0.4, -0.2) is 15.2 Å². The SMILES string of the molecule is Nc1nc(-c2ccccc2)c(-c2n[nH]c(=O)o2)s1. The fourth-order valence-electron chi connectivity index (χ4n) is 1.60. The highest BCUT2D eigenvalue weighted by molar-refractivity contribution is 7.19. The number of nitrogen functional groups attached to an aromatic ring is 1. The first-order chi connectivity index (χ1) is 8.74. The largest absolute Gasteiger partial charge is 0.434 e. The summed E-state index contributed by atoms with van der Waals surface area (Å²) in [6.07, 6.45) is 0. The van der Waals surface area contributed by atoms with Crippen LogP contribution in [0.2, 0.25) is 0 Å². The Balaban J connectivity index is 2.19. The van der Waals surface area contributed by atoms with Crippen molar-refractivity contribution in [1.29, 1.82) is 0 Å². The van der Waals surface area contributed by atoms with Crippen LogP contribution >= 0.6 is 11.3 Å². The molecule has 0 saturated carbocycles. The molecule has 6 nitrogen and oxygen atoms in total. The van der Waals surface area contributed by atoms with Crippen molar-refractivity contribution in [3.05, 3.63) is 40.9 Å². The van der Waals surface area contributed by atoms with Crippen molar-refractivity contribution >= 4 is 16.5 Å². The molecule has 0 bridgehead atoms. The molecule has 2 heterocycles. The minimum absolute atomic E-state index is 0.202. The highest BCUT2D eigenvalue weighted by atomic mass is 32.1. The number of nitrogens with two attached hydrogens (primary N) is 1. The number of anilines is 1. The van der Waals surface area contributed by atoms with Crippen LogP contribution in [0.15, 0.2) is 39.5 Å². The number of rotatable bonds is 2. The molecule has 0 aliphatic heterocycles. The molecule has 0 aliphatic rings. The number of nitrogens with one attached hydrogen (secondary N) is 1. The molecular formula is C11H8N4O2S. The first kappa shape index (κ1) is 10.7. The minimum Gasteiger partial charge on any atom is -0.387 e. The molecule has 0 spiro atoms. The predicted molar refractivity (Wildman–Crippen MR) is 68.1 cm³/mol. The molecule has 0 atom stereocenters. The summed E-state index contributed by atoms with van der Waals surface area (Å²) in [5, 5.41) is 6.41. The zero-order valence-electron chi connectivity index (χ0n) is 9.08. The van der Waals surface area contributed by atoms with E-state index in [9.17, 15) is 4.79 Å². The standard InChI is InChI=1S/C11H8N4O2S/c12-10-13-7(6-4-2-1-3-5-6)8(18-10)9-14-15-11(16)17-9/h1-5H,(H2,12,13)(H,15,16). The monoisotopic (exact) mass is 260 g/mol. The van der Waals surface area contributed by atoms with Crippen molar-refractivity contribution in [3.63, 3.8) is 0 Å². The summed E-state index contributed by atoms with van der Waals surface area (Å²) in [4.78, 5) is 15.9. The van der Waals surface area contributed by atoms with Crippen LogP contribution in [0, 0.1) is 0 Å². The van der Waals surface area contributed by atoms with Crippen LogP contribution in [0.4, 0.5) is 5.13 Å². The van der Waals surface area contributed by atoms with E-state index >= 15 is 0 Å². The second kappa shape index (κ2) is 4.11. The van der Waals surface area contributed by atoms with Crippen LogP contribution in [0.5, 0.6) is 0 Å². The van der Waals surface area contributed by atoms with Crippen LogP contribution in [0.1, 0.15) is 0 Å². The number of thiazole rings is 1. The van der Waals surface area contributed by atoms with Gasteiger partial charge in [0, 0.05) is 5.56 Å². The molecule has 18 heavy (non-hydrogen) atoms. The van der Waals surface area contributed by atoms with Gasteiger partial charge >= 0.3 is 5.76 Å². The topological polar surface area (TPSA) is 97.8 Å². The molecule has 3 aromatic rings. The average Bonchev–Trinajstić information content (AvgIpc) is 2.96. The van der Waals surface area contributed by atoms with Gasteiger partial charge in [-0.25, -0.2) is 14.9 Å². The Hall–Kier alpha value is -2.41. The van der Waals surface area contributed by atoms with E-state index in [0.29, 0.717) is 15.7 Å². The van der Waals surface area contributed by atoms with Gasteiger partial charge in [0.2, 0.25) is 0 Å². The van der Waals surface area contributed by atoms with Crippen molar-refractivity contribution < 1.29 is 4.42 Å². The lowest BCUT2D eigenvalue weighted by Crippen LogP contribution is -1.93. The maximum Gasteiger partial charge on any atom is 0.434 e. The summed E-state index contributed by atoms with van der Waals surface area (Å²) in [6.45, 7) is 0. The Bertz CT molecular complexity index is 729. The van der Waals surface area contributed by atoms with Gasteiger partial charge < -0.3 is 10.2 Å². The molecule has 0 fully saturated rings. The number of H-pyrrole nitrogens is 1. The number of nitrogens with zero attached hydrogens (tertiary/aromatic N) is 2. The smallest absolute Gasteiger partial charge is 0.387 e. The summed E-state index contributed by atoms with van der Waals surface area (Å²) in [7, 11) is 0. The third-order valence-electron chi connectivity index (χ3n) is 2.32. The van der Waals surface area contributed by atoms with Gasteiger partial charge in [-0.3, -0.25) is 0 Å². The van der Waals surface area contributed by atoms with E-state index in [1.807, 2.05) is 30.3 Å². The minimum atomic E-state index is -0.601. The van der Waals surface area contributed by atoms with Crippen LogP contribution in [-0.2, 0) is 0 Å². The van der Waals surface area contributed by atoms with Crippen molar-refractivity contribution in [2.75, 3.05) is 5.73 Å². The molecule has 3 N–H and O–H groups in total. The summed E-state index contributed by atoms with van der Waals surface area (Å²) >= 11 is 1.23. The lowest BCUT2D eigenvalue weighted by atomic mass is 10.1. The molecule has 90 valence electrons. The van der Waals surface area contributed by atoms with E-state index in [1.54, 1.807) is 0 Å². The molecule has 0 radical (unpaired) electrons. The van der Waals surface area contributed by atoms with E-state index in [4.69, 9.17) is 10.2 Å². The van der Waals surface area contributed by atoms with E-state index in [0.717, 1.165) is 5.56 Å². The van der Waals surface area contributed by atoms with Crippen molar-refractivity contribution in [2.24, 2.45) is 0 Å². The molecular weight excluding hydrogens is 252 g/mol. The molecule has 7 heteroatoms. The van der Waals surface area contributed by atoms with Gasteiger partial charge in [-0.2, -0.15) is 0 Å². The number of benzene rings is 1. The second-order valence-electron chi connectivity index (χ2n) is 3.51. The number of aromatic amines is 1. The van der Waals surface area contributed by atoms with E-state index in [1.165, 1.54) is 11.3 Å². The number of aromatic nitrogens is 3. The third kappa shape index (κ3) is 1.80. The first-order valence-corrected chi connectivity index (χ1v) is 5.93. The summed E-state index contributed by atoms with van der Waals surface area (Å²) in [5.41, 5.74) is 7.27. The molecule has 0 aliphatic carbocycles. The molecule has 0 amide bonds. The van der Waals surface area contributed by atoms with Gasteiger partial charge in [0.1, 0.15) is 4.88 Å². The zero-order chi connectivity index (χ0) is 12.5. The lowest BCUT2D eigenvalue weighted by molar-refractivity contribution is 0.528. The molecule has 3 rings (SSSR count). The lowest BCUT2D eigenvalue weighted by Gasteiger charge is -1.97. The van der Waals surface area contributed by atoms with E-state index in [2.05, 4.69) is 15.2 Å².